The minimum absolute atomic E-state index is 0.0828. The van der Waals surface area contributed by atoms with Crippen LogP contribution in [0.3, 0.4) is 0 Å². The van der Waals surface area contributed by atoms with Gasteiger partial charge in [-0.25, -0.2) is 0 Å². The number of rotatable bonds is 7. The van der Waals surface area contributed by atoms with Crippen LogP contribution in [0.25, 0.3) is 0 Å². The summed E-state index contributed by atoms with van der Waals surface area (Å²) in [7, 11) is 0. The van der Waals surface area contributed by atoms with Crippen LogP contribution < -0.4 is 0 Å². The molecular weight excluding hydrogens is 348 g/mol. The molecule has 0 aromatic heterocycles. The van der Waals surface area contributed by atoms with Gasteiger partial charge in [0.25, 0.3) is 0 Å². The summed E-state index contributed by atoms with van der Waals surface area (Å²) in [6.45, 7) is 12.6. The summed E-state index contributed by atoms with van der Waals surface area (Å²) >= 11 is 0. The molecule has 0 amide bonds. The number of ether oxygens (including phenoxy) is 1. The van der Waals surface area contributed by atoms with Crippen LogP contribution in [0.4, 0.5) is 0 Å². The fraction of sp³-hybridized carbons (Fsp3) is 0.520. The zero-order chi connectivity index (χ0) is 21.0. The van der Waals surface area contributed by atoms with Gasteiger partial charge in [0, 0.05) is 11.8 Å². The summed E-state index contributed by atoms with van der Waals surface area (Å²) in [5.41, 5.74) is 2.64. The van der Waals surface area contributed by atoms with Crippen molar-refractivity contribution in [3.63, 3.8) is 0 Å². The standard InChI is InChI=1S/C25H36O3/c1-19(10-7-8-11-21(3)18-26)12-9-13-20(2)14-15-25-23(4,5)16-22(27)17-24(25,6)28-25/h7-15,22,26-27H,16-18H2,1-6H3/b8-7+,12-9+,15-14+,19-10+,20-13+,21-11?. The Balaban J connectivity index is 1.98. The first kappa shape index (κ1) is 22.6. The maximum atomic E-state index is 10.1. The highest BCUT2D eigenvalue weighted by Gasteiger charge is 2.74. The lowest BCUT2D eigenvalue weighted by Crippen LogP contribution is -2.46. The maximum absolute atomic E-state index is 10.1. The smallest absolute Gasteiger partial charge is 0.121 e. The van der Waals surface area contributed by atoms with Crippen LogP contribution in [0.2, 0.25) is 0 Å². The molecular formula is C25H36O3. The average Bonchev–Trinajstić information content (AvgIpc) is 3.22. The third-order valence-corrected chi connectivity index (χ3v) is 5.91. The third-order valence-electron chi connectivity index (χ3n) is 5.91. The molecule has 1 saturated heterocycles. The van der Waals surface area contributed by atoms with Crippen molar-refractivity contribution in [2.24, 2.45) is 5.41 Å². The molecule has 0 radical (unpaired) electrons. The van der Waals surface area contributed by atoms with Gasteiger partial charge in [-0.1, -0.05) is 73.6 Å². The van der Waals surface area contributed by atoms with E-state index in [-0.39, 0.29) is 29.3 Å². The van der Waals surface area contributed by atoms with Crippen LogP contribution in [0.15, 0.2) is 71.4 Å². The number of aliphatic hydroxyl groups excluding tert-OH is 2. The predicted molar refractivity (Wildman–Crippen MR) is 117 cm³/mol. The number of hydrogen-bond acceptors (Lipinski definition) is 3. The molecule has 0 aromatic rings. The zero-order valence-corrected chi connectivity index (χ0v) is 18.2. The Morgan fingerprint density at radius 3 is 2.18 bits per heavy atom. The molecule has 1 heterocycles. The molecule has 2 N–H and O–H groups in total. The van der Waals surface area contributed by atoms with Crippen LogP contribution >= 0.6 is 0 Å². The molecule has 2 fully saturated rings. The fourth-order valence-corrected chi connectivity index (χ4v) is 4.27. The Morgan fingerprint density at radius 1 is 0.929 bits per heavy atom. The lowest BCUT2D eigenvalue weighted by Gasteiger charge is -2.39. The SMILES string of the molecule is CC(=C/C=C/C=C(C)/C=C/C=C(C)/C=C/C12OC1(C)CC(O)CC2(C)C)CO. The largest absolute Gasteiger partial charge is 0.393 e. The van der Waals surface area contributed by atoms with E-state index in [0.29, 0.717) is 6.42 Å². The van der Waals surface area contributed by atoms with Gasteiger partial charge in [0.15, 0.2) is 0 Å². The second-order valence-electron chi connectivity index (χ2n) is 9.08. The van der Waals surface area contributed by atoms with Crippen LogP contribution in [0.1, 0.15) is 54.4 Å². The van der Waals surface area contributed by atoms with Gasteiger partial charge < -0.3 is 14.9 Å². The molecule has 3 nitrogen and oxygen atoms in total. The predicted octanol–water partition coefficient (Wildman–Crippen LogP) is 5.19. The molecule has 1 aliphatic heterocycles. The first-order valence-corrected chi connectivity index (χ1v) is 10.1. The minimum atomic E-state index is -0.282. The van der Waals surface area contributed by atoms with Crippen LogP contribution in [0.5, 0.6) is 0 Å². The molecule has 0 aromatic carbocycles. The number of hydrogen-bond donors (Lipinski definition) is 2. The summed E-state index contributed by atoms with van der Waals surface area (Å²) in [4.78, 5) is 0. The van der Waals surface area contributed by atoms with Crippen LogP contribution in [-0.2, 0) is 4.74 Å². The van der Waals surface area contributed by atoms with E-state index in [2.05, 4.69) is 65.0 Å². The van der Waals surface area contributed by atoms with Gasteiger partial charge in [0.05, 0.1) is 12.7 Å². The topological polar surface area (TPSA) is 53.0 Å². The molecule has 3 heteroatoms. The average molecular weight is 385 g/mol. The number of epoxide rings is 1. The summed E-state index contributed by atoms with van der Waals surface area (Å²) in [6, 6.07) is 0. The second-order valence-corrected chi connectivity index (χ2v) is 9.08. The highest BCUT2D eigenvalue weighted by Crippen LogP contribution is 2.66. The fourth-order valence-electron chi connectivity index (χ4n) is 4.27. The Hall–Kier alpha value is -1.68. The van der Waals surface area contributed by atoms with Gasteiger partial charge in [0.2, 0.25) is 0 Å². The van der Waals surface area contributed by atoms with Crippen LogP contribution in [0, 0.1) is 5.41 Å². The molecule has 2 rings (SSSR count). The molecule has 2 aliphatic rings. The lowest BCUT2D eigenvalue weighted by molar-refractivity contribution is 0.0515. The molecule has 3 atom stereocenters. The number of aliphatic hydroxyl groups is 2. The molecule has 0 bridgehead atoms. The van der Waals surface area contributed by atoms with E-state index in [1.165, 1.54) is 0 Å². The zero-order valence-electron chi connectivity index (χ0n) is 18.2. The molecule has 0 spiro atoms. The Kier molecular flexibility index (Phi) is 7.08. The highest BCUT2D eigenvalue weighted by molar-refractivity contribution is 5.36. The summed E-state index contributed by atoms with van der Waals surface area (Å²) in [5.74, 6) is 0. The number of fused-ring (bicyclic) bond motifs is 1. The van der Waals surface area contributed by atoms with E-state index < -0.39 is 0 Å². The van der Waals surface area contributed by atoms with Gasteiger partial charge in [0.1, 0.15) is 11.2 Å². The molecule has 1 aliphatic carbocycles. The Morgan fingerprint density at radius 2 is 1.54 bits per heavy atom. The van der Waals surface area contributed by atoms with Gasteiger partial charge in [-0.2, -0.15) is 0 Å². The quantitative estimate of drug-likeness (QED) is 0.469. The molecule has 3 unspecified atom stereocenters. The van der Waals surface area contributed by atoms with Gasteiger partial charge in [-0.05, 0) is 45.8 Å². The van der Waals surface area contributed by atoms with Crippen molar-refractivity contribution in [2.75, 3.05) is 6.61 Å². The molecule has 1 saturated carbocycles. The van der Waals surface area contributed by atoms with Crippen molar-refractivity contribution < 1.29 is 14.9 Å². The van der Waals surface area contributed by atoms with E-state index in [1.54, 1.807) is 0 Å². The van der Waals surface area contributed by atoms with Crippen LogP contribution in [-0.4, -0.2) is 34.1 Å². The van der Waals surface area contributed by atoms with Gasteiger partial charge in [-0.15, -0.1) is 0 Å². The number of allylic oxidation sites excluding steroid dienone is 10. The second kappa shape index (κ2) is 8.77. The van der Waals surface area contributed by atoms with Crippen molar-refractivity contribution in [3.8, 4) is 0 Å². The maximum Gasteiger partial charge on any atom is 0.121 e. The van der Waals surface area contributed by atoms with E-state index in [0.717, 1.165) is 23.1 Å². The molecule has 154 valence electrons. The van der Waals surface area contributed by atoms with Crippen molar-refractivity contribution in [1.29, 1.82) is 0 Å². The summed E-state index contributed by atoms with van der Waals surface area (Å²) < 4.78 is 6.18. The first-order chi connectivity index (χ1) is 13.1. The van der Waals surface area contributed by atoms with E-state index >= 15 is 0 Å². The van der Waals surface area contributed by atoms with Gasteiger partial charge >= 0.3 is 0 Å². The van der Waals surface area contributed by atoms with Gasteiger partial charge in [-0.3, -0.25) is 0 Å². The van der Waals surface area contributed by atoms with Crippen molar-refractivity contribution in [3.05, 3.63) is 71.4 Å². The van der Waals surface area contributed by atoms with Crippen molar-refractivity contribution in [1.82, 2.24) is 0 Å². The lowest BCUT2D eigenvalue weighted by atomic mass is 9.63. The molecule has 28 heavy (non-hydrogen) atoms. The van der Waals surface area contributed by atoms with E-state index in [4.69, 9.17) is 9.84 Å². The van der Waals surface area contributed by atoms with E-state index in [1.807, 2.05) is 31.2 Å². The Labute approximate surface area is 170 Å². The van der Waals surface area contributed by atoms with Crippen molar-refractivity contribution >= 4 is 0 Å². The Bertz CT molecular complexity index is 748. The summed E-state index contributed by atoms with van der Waals surface area (Å²) in [6.07, 6.45) is 19.6. The van der Waals surface area contributed by atoms with Crippen molar-refractivity contribution in [2.45, 2.75) is 71.7 Å². The monoisotopic (exact) mass is 384 g/mol. The minimum Gasteiger partial charge on any atom is -0.393 e. The normalized spacial score (nSPS) is 33.9. The highest BCUT2D eigenvalue weighted by atomic mass is 16.6. The summed E-state index contributed by atoms with van der Waals surface area (Å²) in [5, 5.41) is 19.1. The first-order valence-electron chi connectivity index (χ1n) is 10.1. The third kappa shape index (κ3) is 5.02. The van der Waals surface area contributed by atoms with E-state index in [9.17, 15) is 5.11 Å².